The third-order valence-corrected chi connectivity index (χ3v) is 8.81. The van der Waals surface area contributed by atoms with E-state index in [1.165, 1.54) is 33.4 Å². The highest BCUT2D eigenvalue weighted by Gasteiger charge is 2.26. The summed E-state index contributed by atoms with van der Waals surface area (Å²) in [5.74, 6) is 0.293. The maximum Gasteiger partial charge on any atom is 0.115 e. The Bertz CT molecular complexity index is 1490. The second kappa shape index (κ2) is 12.3. The molecule has 0 saturated carbocycles. The van der Waals surface area contributed by atoms with Gasteiger partial charge in [-0.25, -0.2) is 0 Å². The van der Waals surface area contributed by atoms with Gasteiger partial charge in [0.15, 0.2) is 0 Å². The molecule has 0 heterocycles. The number of nitrogens with two attached hydrogens (primary N) is 3. The van der Waals surface area contributed by atoms with Crippen molar-refractivity contribution < 1.29 is 5.11 Å². The van der Waals surface area contributed by atoms with Gasteiger partial charge < -0.3 is 22.3 Å². The van der Waals surface area contributed by atoms with E-state index in [-0.39, 0.29) is 16.2 Å². The normalized spacial score (nSPS) is 11.9. The zero-order valence-electron chi connectivity index (χ0n) is 26.2. The van der Waals surface area contributed by atoms with Crippen LogP contribution >= 0.6 is 0 Å². The maximum atomic E-state index is 9.31. The van der Waals surface area contributed by atoms with Crippen molar-refractivity contribution in [2.24, 2.45) is 0 Å². The predicted molar refractivity (Wildman–Crippen MR) is 183 cm³/mol. The van der Waals surface area contributed by atoms with Crippen LogP contribution in [0.3, 0.4) is 0 Å². The third-order valence-electron chi connectivity index (χ3n) is 8.81. The number of anilines is 3. The van der Waals surface area contributed by atoms with Crippen LogP contribution in [0, 0.1) is 0 Å². The molecule has 0 aliphatic carbocycles. The number of benzene rings is 5. The molecule has 0 amide bonds. The summed E-state index contributed by atoms with van der Waals surface area (Å²) in [6.45, 7) is 13.3. The molecule has 0 spiro atoms. The molecule has 5 aromatic rings. The van der Waals surface area contributed by atoms with E-state index in [4.69, 9.17) is 17.2 Å². The molecule has 0 atom stereocenters. The standard InChI is InChI=1S/C24H28N2.C15H17NO/c1-23(2,19-9-13-21(25)14-10-19)17-5-7-18(8-6-17)24(3,4)20-11-15-22(26)16-12-20;1-15(2,11-3-7-13(16)8-4-11)12-5-9-14(17)10-6-12/h5-16H,25-26H2,1-4H3;3-10,17H,16H2,1-2H3. The van der Waals surface area contributed by atoms with Gasteiger partial charge in [0.2, 0.25) is 0 Å². The lowest BCUT2D eigenvalue weighted by atomic mass is 9.74. The first-order valence-corrected chi connectivity index (χ1v) is 14.7. The van der Waals surface area contributed by atoms with Crippen molar-refractivity contribution in [1.29, 1.82) is 0 Å². The second-order valence-corrected chi connectivity index (χ2v) is 12.9. The molecule has 4 heteroatoms. The smallest absolute Gasteiger partial charge is 0.115 e. The van der Waals surface area contributed by atoms with E-state index in [2.05, 4.69) is 90.1 Å². The quantitative estimate of drug-likeness (QED) is 0.153. The van der Waals surface area contributed by atoms with E-state index in [1.807, 2.05) is 60.7 Å². The van der Waals surface area contributed by atoms with E-state index >= 15 is 0 Å². The average Bonchev–Trinajstić information content (AvgIpc) is 2.98. The van der Waals surface area contributed by atoms with Crippen molar-refractivity contribution in [3.8, 4) is 5.75 Å². The van der Waals surface area contributed by atoms with Crippen LogP contribution in [0.1, 0.15) is 74.9 Å². The molecule has 0 aromatic heterocycles. The Kier molecular flexibility index (Phi) is 8.91. The number of hydrogen-bond donors (Lipinski definition) is 4. The Balaban J connectivity index is 0.000000215. The lowest BCUT2D eigenvalue weighted by Gasteiger charge is -2.29. The van der Waals surface area contributed by atoms with Gasteiger partial charge in [-0.3, -0.25) is 0 Å². The Labute approximate surface area is 257 Å². The minimum atomic E-state index is -0.0958. The summed E-state index contributed by atoms with van der Waals surface area (Å²) in [7, 11) is 0. The number of rotatable bonds is 6. The molecule has 0 aliphatic heterocycles. The van der Waals surface area contributed by atoms with E-state index in [1.54, 1.807) is 12.1 Å². The van der Waals surface area contributed by atoms with Crippen LogP contribution in [0.2, 0.25) is 0 Å². The highest BCUT2D eigenvalue weighted by molar-refractivity contribution is 5.49. The molecule has 7 N–H and O–H groups in total. The molecule has 0 radical (unpaired) electrons. The van der Waals surface area contributed by atoms with Crippen LogP contribution in [-0.4, -0.2) is 5.11 Å². The van der Waals surface area contributed by atoms with E-state index in [9.17, 15) is 5.11 Å². The maximum absolute atomic E-state index is 9.31. The van der Waals surface area contributed by atoms with Gasteiger partial charge in [-0.05, 0) is 81.9 Å². The van der Waals surface area contributed by atoms with Crippen molar-refractivity contribution in [1.82, 2.24) is 0 Å². The van der Waals surface area contributed by atoms with E-state index in [0.29, 0.717) is 5.75 Å². The topological polar surface area (TPSA) is 98.3 Å². The zero-order valence-corrected chi connectivity index (χ0v) is 26.2. The monoisotopic (exact) mass is 571 g/mol. The fraction of sp³-hybridized carbons (Fsp3) is 0.231. The molecule has 0 saturated heterocycles. The highest BCUT2D eigenvalue weighted by Crippen LogP contribution is 2.36. The Morgan fingerprint density at radius 1 is 0.326 bits per heavy atom. The minimum absolute atomic E-state index is 0.0719. The van der Waals surface area contributed by atoms with Gasteiger partial charge >= 0.3 is 0 Å². The van der Waals surface area contributed by atoms with Crippen LogP contribution in [0.5, 0.6) is 5.75 Å². The van der Waals surface area contributed by atoms with Gasteiger partial charge in [-0.2, -0.15) is 0 Å². The highest BCUT2D eigenvalue weighted by atomic mass is 16.3. The average molecular weight is 572 g/mol. The van der Waals surface area contributed by atoms with Crippen LogP contribution in [0.25, 0.3) is 0 Å². The van der Waals surface area contributed by atoms with Gasteiger partial charge in [-0.1, -0.05) is 114 Å². The molecule has 4 nitrogen and oxygen atoms in total. The summed E-state index contributed by atoms with van der Waals surface area (Å²) in [6.07, 6.45) is 0. The second-order valence-electron chi connectivity index (χ2n) is 12.9. The lowest BCUT2D eigenvalue weighted by molar-refractivity contribution is 0.474. The molecule has 222 valence electrons. The number of nitrogen functional groups attached to an aromatic ring is 3. The van der Waals surface area contributed by atoms with Gasteiger partial charge in [0.05, 0.1) is 0 Å². The van der Waals surface area contributed by atoms with Gasteiger partial charge in [-0.15, -0.1) is 0 Å². The fourth-order valence-corrected chi connectivity index (χ4v) is 5.38. The summed E-state index contributed by atoms with van der Waals surface area (Å²) in [5, 5.41) is 9.31. The van der Waals surface area contributed by atoms with Gasteiger partial charge in [0.1, 0.15) is 5.75 Å². The summed E-state index contributed by atoms with van der Waals surface area (Å²) in [5.41, 5.74) is 27.0. The summed E-state index contributed by atoms with van der Waals surface area (Å²) < 4.78 is 0. The van der Waals surface area contributed by atoms with Crippen molar-refractivity contribution in [2.75, 3.05) is 17.2 Å². The predicted octanol–water partition coefficient (Wildman–Crippen LogP) is 8.80. The van der Waals surface area contributed by atoms with Crippen LogP contribution in [0.15, 0.2) is 121 Å². The Morgan fingerprint density at radius 3 is 0.698 bits per heavy atom. The van der Waals surface area contributed by atoms with Crippen LogP contribution < -0.4 is 17.2 Å². The first-order valence-electron chi connectivity index (χ1n) is 14.7. The summed E-state index contributed by atoms with van der Waals surface area (Å²) in [6, 6.07) is 40.5. The minimum Gasteiger partial charge on any atom is -0.508 e. The first-order chi connectivity index (χ1) is 20.2. The number of hydrogen-bond acceptors (Lipinski definition) is 4. The zero-order chi connectivity index (χ0) is 31.4. The fourth-order valence-electron chi connectivity index (χ4n) is 5.38. The molecule has 0 fully saturated rings. The molecule has 5 aromatic carbocycles. The van der Waals surface area contributed by atoms with Crippen molar-refractivity contribution in [3.05, 3.63) is 155 Å². The number of phenolic OH excluding ortho intramolecular Hbond substituents is 1. The van der Waals surface area contributed by atoms with E-state index in [0.717, 1.165) is 17.1 Å². The van der Waals surface area contributed by atoms with Gasteiger partial charge in [0.25, 0.3) is 0 Å². The molecular weight excluding hydrogens is 526 g/mol. The molecular formula is C39H45N3O. The van der Waals surface area contributed by atoms with Crippen LogP contribution in [0.4, 0.5) is 17.1 Å². The molecule has 0 unspecified atom stereocenters. The van der Waals surface area contributed by atoms with Gasteiger partial charge in [0, 0.05) is 33.3 Å². The number of aromatic hydroxyl groups is 1. The van der Waals surface area contributed by atoms with Crippen molar-refractivity contribution in [3.63, 3.8) is 0 Å². The lowest BCUT2D eigenvalue weighted by Crippen LogP contribution is -2.21. The van der Waals surface area contributed by atoms with Crippen molar-refractivity contribution >= 4 is 17.1 Å². The number of phenols is 1. The van der Waals surface area contributed by atoms with E-state index < -0.39 is 0 Å². The van der Waals surface area contributed by atoms with Crippen LogP contribution in [-0.2, 0) is 16.2 Å². The third kappa shape index (κ3) is 7.03. The molecule has 5 rings (SSSR count). The van der Waals surface area contributed by atoms with Crippen molar-refractivity contribution in [2.45, 2.75) is 57.8 Å². The largest absolute Gasteiger partial charge is 0.508 e. The summed E-state index contributed by atoms with van der Waals surface area (Å²) in [4.78, 5) is 0. The first kappa shape index (κ1) is 31.2. The summed E-state index contributed by atoms with van der Waals surface area (Å²) >= 11 is 0. The molecule has 43 heavy (non-hydrogen) atoms. The SMILES string of the molecule is CC(C)(c1ccc(N)cc1)c1ccc(C(C)(C)c2ccc(N)cc2)cc1.CC(C)(c1ccc(N)cc1)c1ccc(O)cc1. The Hall–Kier alpha value is -4.70. The molecule has 0 bridgehead atoms. The molecule has 0 aliphatic rings. The Morgan fingerprint density at radius 2 is 0.488 bits per heavy atom.